The first-order valence-electron chi connectivity index (χ1n) is 6.22. The summed E-state index contributed by atoms with van der Waals surface area (Å²) >= 11 is 0. The summed E-state index contributed by atoms with van der Waals surface area (Å²) in [5.74, 6) is 0. The standard InChI is InChI=1S/C15H17N3/c1-11-3-2-6-17-15(11)10-18-8-12-4-5-14(16)7-13(12)9-18/h2-7H,8-10,16H2,1H3. The molecule has 0 bridgehead atoms. The minimum atomic E-state index is 0.851. The van der Waals surface area contributed by atoms with Gasteiger partial charge in [-0.2, -0.15) is 0 Å². The number of nitrogens with zero attached hydrogens (tertiary/aromatic N) is 2. The molecule has 1 aliphatic rings. The van der Waals surface area contributed by atoms with Crippen molar-refractivity contribution in [1.82, 2.24) is 9.88 Å². The average Bonchev–Trinajstić information content (AvgIpc) is 2.73. The highest BCUT2D eigenvalue weighted by molar-refractivity contribution is 5.46. The van der Waals surface area contributed by atoms with Crippen LogP contribution in [0.5, 0.6) is 0 Å². The molecule has 2 N–H and O–H groups in total. The van der Waals surface area contributed by atoms with Crippen LogP contribution < -0.4 is 5.73 Å². The molecular weight excluding hydrogens is 222 g/mol. The van der Waals surface area contributed by atoms with Crippen LogP contribution in [-0.4, -0.2) is 9.88 Å². The Kier molecular flexibility index (Phi) is 2.76. The summed E-state index contributed by atoms with van der Waals surface area (Å²) in [6.07, 6.45) is 1.86. The zero-order valence-electron chi connectivity index (χ0n) is 10.6. The van der Waals surface area contributed by atoms with E-state index in [-0.39, 0.29) is 0 Å². The minimum absolute atomic E-state index is 0.851. The van der Waals surface area contributed by atoms with E-state index in [2.05, 4.69) is 35.0 Å². The van der Waals surface area contributed by atoms with E-state index in [1.54, 1.807) is 0 Å². The summed E-state index contributed by atoms with van der Waals surface area (Å²) in [5, 5.41) is 0. The lowest BCUT2D eigenvalue weighted by Gasteiger charge is -2.15. The van der Waals surface area contributed by atoms with E-state index in [0.29, 0.717) is 0 Å². The highest BCUT2D eigenvalue weighted by atomic mass is 15.1. The number of aryl methyl sites for hydroxylation is 1. The van der Waals surface area contributed by atoms with Crippen LogP contribution in [0.3, 0.4) is 0 Å². The molecule has 0 amide bonds. The second-order valence-corrected chi connectivity index (χ2v) is 4.94. The lowest BCUT2D eigenvalue weighted by Crippen LogP contribution is -2.17. The number of hydrogen-bond acceptors (Lipinski definition) is 3. The summed E-state index contributed by atoms with van der Waals surface area (Å²) in [6.45, 7) is 4.98. The average molecular weight is 239 g/mol. The molecule has 3 rings (SSSR count). The zero-order valence-corrected chi connectivity index (χ0v) is 10.6. The van der Waals surface area contributed by atoms with Gasteiger partial charge in [0.1, 0.15) is 0 Å². The molecule has 0 unspecified atom stereocenters. The van der Waals surface area contributed by atoms with Gasteiger partial charge in [-0.25, -0.2) is 0 Å². The quantitative estimate of drug-likeness (QED) is 0.819. The van der Waals surface area contributed by atoms with Crippen LogP contribution in [0.25, 0.3) is 0 Å². The molecule has 0 aliphatic carbocycles. The van der Waals surface area contributed by atoms with Gasteiger partial charge < -0.3 is 5.73 Å². The Bertz CT molecular complexity index is 578. The van der Waals surface area contributed by atoms with Crippen LogP contribution in [0.4, 0.5) is 5.69 Å². The smallest absolute Gasteiger partial charge is 0.0573 e. The molecule has 3 heteroatoms. The topological polar surface area (TPSA) is 42.2 Å². The molecule has 0 saturated heterocycles. The summed E-state index contributed by atoms with van der Waals surface area (Å²) in [7, 11) is 0. The van der Waals surface area contributed by atoms with Crippen molar-refractivity contribution in [2.45, 2.75) is 26.6 Å². The van der Waals surface area contributed by atoms with E-state index < -0.39 is 0 Å². The van der Waals surface area contributed by atoms with Crippen LogP contribution in [0, 0.1) is 6.92 Å². The SMILES string of the molecule is Cc1cccnc1CN1Cc2ccc(N)cc2C1. The maximum absolute atomic E-state index is 5.82. The predicted octanol–water partition coefficient (Wildman–Crippen LogP) is 2.49. The number of nitrogens with two attached hydrogens (primary N) is 1. The number of hydrogen-bond donors (Lipinski definition) is 1. The first kappa shape index (κ1) is 11.2. The van der Waals surface area contributed by atoms with Gasteiger partial charge in [-0.3, -0.25) is 9.88 Å². The summed E-state index contributed by atoms with van der Waals surface area (Å²) in [4.78, 5) is 6.86. The van der Waals surface area contributed by atoms with Crippen LogP contribution in [-0.2, 0) is 19.6 Å². The van der Waals surface area contributed by atoms with E-state index in [1.807, 2.05) is 18.3 Å². The minimum Gasteiger partial charge on any atom is -0.399 e. The molecule has 92 valence electrons. The Labute approximate surface area is 107 Å². The lowest BCUT2D eigenvalue weighted by molar-refractivity contribution is 0.271. The van der Waals surface area contributed by atoms with Gasteiger partial charge in [0.05, 0.1) is 5.69 Å². The van der Waals surface area contributed by atoms with Gasteiger partial charge in [0.15, 0.2) is 0 Å². The molecule has 2 heterocycles. The van der Waals surface area contributed by atoms with Crippen molar-refractivity contribution in [2.75, 3.05) is 5.73 Å². The predicted molar refractivity (Wildman–Crippen MR) is 72.8 cm³/mol. The second-order valence-electron chi connectivity index (χ2n) is 4.94. The van der Waals surface area contributed by atoms with Crippen molar-refractivity contribution in [1.29, 1.82) is 0 Å². The Morgan fingerprint density at radius 2 is 2.06 bits per heavy atom. The Morgan fingerprint density at radius 1 is 1.22 bits per heavy atom. The molecule has 1 aromatic carbocycles. The Morgan fingerprint density at radius 3 is 2.89 bits per heavy atom. The highest BCUT2D eigenvalue weighted by Gasteiger charge is 2.19. The molecule has 1 aliphatic heterocycles. The zero-order chi connectivity index (χ0) is 12.5. The van der Waals surface area contributed by atoms with E-state index in [4.69, 9.17) is 5.73 Å². The van der Waals surface area contributed by atoms with Crippen molar-refractivity contribution in [3.05, 3.63) is 58.9 Å². The van der Waals surface area contributed by atoms with E-state index in [1.165, 1.54) is 22.4 Å². The van der Waals surface area contributed by atoms with Gasteiger partial charge >= 0.3 is 0 Å². The molecule has 1 aromatic heterocycles. The first-order chi connectivity index (χ1) is 8.72. The van der Waals surface area contributed by atoms with E-state index in [0.717, 1.165) is 25.3 Å². The monoisotopic (exact) mass is 239 g/mol. The highest BCUT2D eigenvalue weighted by Crippen LogP contribution is 2.26. The van der Waals surface area contributed by atoms with Gasteiger partial charge in [-0.1, -0.05) is 12.1 Å². The van der Waals surface area contributed by atoms with Crippen LogP contribution >= 0.6 is 0 Å². The van der Waals surface area contributed by atoms with Gasteiger partial charge in [0, 0.05) is 31.5 Å². The third kappa shape index (κ3) is 2.09. The van der Waals surface area contributed by atoms with Crippen molar-refractivity contribution in [2.24, 2.45) is 0 Å². The number of benzene rings is 1. The molecule has 2 aromatic rings. The van der Waals surface area contributed by atoms with E-state index in [9.17, 15) is 0 Å². The Hall–Kier alpha value is -1.87. The van der Waals surface area contributed by atoms with Crippen molar-refractivity contribution in [3.63, 3.8) is 0 Å². The van der Waals surface area contributed by atoms with Crippen molar-refractivity contribution in [3.8, 4) is 0 Å². The molecule has 0 spiro atoms. The third-order valence-electron chi connectivity index (χ3n) is 3.51. The summed E-state index contributed by atoms with van der Waals surface area (Å²) in [5.41, 5.74) is 11.8. The molecule has 0 radical (unpaired) electrons. The third-order valence-corrected chi connectivity index (χ3v) is 3.51. The first-order valence-corrected chi connectivity index (χ1v) is 6.22. The van der Waals surface area contributed by atoms with Crippen LogP contribution in [0.15, 0.2) is 36.5 Å². The lowest BCUT2D eigenvalue weighted by atomic mass is 10.1. The number of pyridine rings is 1. The summed E-state index contributed by atoms with van der Waals surface area (Å²) in [6, 6.07) is 10.3. The van der Waals surface area contributed by atoms with E-state index >= 15 is 0 Å². The Balaban J connectivity index is 1.77. The van der Waals surface area contributed by atoms with Gasteiger partial charge in [0.25, 0.3) is 0 Å². The fourth-order valence-electron chi connectivity index (χ4n) is 2.49. The number of anilines is 1. The number of rotatable bonds is 2. The molecular formula is C15H17N3. The maximum Gasteiger partial charge on any atom is 0.0573 e. The molecule has 3 nitrogen and oxygen atoms in total. The van der Waals surface area contributed by atoms with Crippen LogP contribution in [0.1, 0.15) is 22.4 Å². The van der Waals surface area contributed by atoms with Gasteiger partial charge in [0.2, 0.25) is 0 Å². The normalized spacial score (nSPS) is 14.7. The van der Waals surface area contributed by atoms with Crippen molar-refractivity contribution >= 4 is 5.69 Å². The largest absolute Gasteiger partial charge is 0.399 e. The van der Waals surface area contributed by atoms with Gasteiger partial charge in [-0.05, 0) is 41.8 Å². The molecule has 0 fully saturated rings. The molecule has 0 atom stereocenters. The summed E-state index contributed by atoms with van der Waals surface area (Å²) < 4.78 is 0. The van der Waals surface area contributed by atoms with Crippen molar-refractivity contribution < 1.29 is 0 Å². The maximum atomic E-state index is 5.82. The van der Waals surface area contributed by atoms with Gasteiger partial charge in [-0.15, -0.1) is 0 Å². The number of fused-ring (bicyclic) bond motifs is 1. The number of aromatic nitrogens is 1. The molecule has 0 saturated carbocycles. The van der Waals surface area contributed by atoms with Crippen LogP contribution in [0.2, 0.25) is 0 Å². The molecule has 18 heavy (non-hydrogen) atoms. The number of nitrogen functional groups attached to an aromatic ring is 1. The fourth-order valence-corrected chi connectivity index (χ4v) is 2.49. The second kappa shape index (κ2) is 4.42. The fraction of sp³-hybridized carbons (Fsp3) is 0.267.